The summed E-state index contributed by atoms with van der Waals surface area (Å²) in [4.78, 5) is 0. The second-order valence-electron chi connectivity index (χ2n) is 7.61. The molecule has 34 heavy (non-hydrogen) atoms. The van der Waals surface area contributed by atoms with Crippen molar-refractivity contribution in [1.29, 1.82) is 0 Å². The number of halogens is 5. The maximum Gasteiger partial charge on any atom is 0.453 e. The van der Waals surface area contributed by atoms with Crippen molar-refractivity contribution >= 4 is 24.8 Å². The molecule has 0 spiro atoms. The summed E-state index contributed by atoms with van der Waals surface area (Å²) >= 11 is 0. The van der Waals surface area contributed by atoms with Gasteiger partial charge in [-0.3, -0.25) is 0 Å². The SMILES string of the molecule is CCOc1ccc(-n2nnnc2C(F)(F)F)cc1CN[C@H]1CCCN[C@H]1c1ccccc1.Cl.Cl. The molecule has 1 aliphatic rings. The fourth-order valence-corrected chi connectivity index (χ4v) is 4.03. The van der Waals surface area contributed by atoms with E-state index in [0.717, 1.165) is 24.9 Å². The minimum Gasteiger partial charge on any atom is -0.494 e. The molecule has 2 heterocycles. The van der Waals surface area contributed by atoms with Crippen LogP contribution in [0.15, 0.2) is 48.5 Å². The van der Waals surface area contributed by atoms with Crippen molar-refractivity contribution in [2.75, 3.05) is 13.2 Å². The highest BCUT2D eigenvalue weighted by Crippen LogP contribution is 2.30. The van der Waals surface area contributed by atoms with Crippen LogP contribution in [0.2, 0.25) is 0 Å². The Bertz CT molecular complexity index is 1030. The highest BCUT2D eigenvalue weighted by atomic mass is 35.5. The van der Waals surface area contributed by atoms with Gasteiger partial charge in [0.2, 0.25) is 0 Å². The molecular formula is C22H27Cl2F3N6O. The zero-order valence-electron chi connectivity index (χ0n) is 18.5. The van der Waals surface area contributed by atoms with Crippen LogP contribution in [0.1, 0.15) is 42.8 Å². The topological polar surface area (TPSA) is 76.9 Å². The lowest BCUT2D eigenvalue weighted by Gasteiger charge is -2.34. The first-order valence-corrected chi connectivity index (χ1v) is 10.6. The van der Waals surface area contributed by atoms with Crippen LogP contribution in [-0.2, 0) is 12.7 Å². The standard InChI is InChI=1S/C22H25F3N6O.2ClH/c1-2-32-19-11-10-17(31-21(22(23,24)25)28-29-30-31)13-16(19)14-27-18-9-6-12-26-20(18)15-7-4-3-5-8-15;;/h3-5,7-8,10-11,13,18,20,26-27H,2,6,9,12,14H2,1H3;2*1H/t18-,20-;;/m0../s1. The summed E-state index contributed by atoms with van der Waals surface area (Å²) in [6, 6.07) is 15.4. The first kappa shape index (κ1) is 27.8. The predicted octanol–water partition coefficient (Wildman–Crippen LogP) is 4.51. The Hall–Kier alpha value is -2.40. The summed E-state index contributed by atoms with van der Waals surface area (Å²) in [5.74, 6) is -0.549. The van der Waals surface area contributed by atoms with Crippen LogP contribution in [0.25, 0.3) is 5.69 Å². The van der Waals surface area contributed by atoms with E-state index < -0.39 is 12.0 Å². The van der Waals surface area contributed by atoms with Crippen molar-refractivity contribution in [3.63, 3.8) is 0 Å². The molecule has 1 aromatic heterocycles. The number of ether oxygens (including phenoxy) is 1. The van der Waals surface area contributed by atoms with Crippen molar-refractivity contribution in [3.05, 3.63) is 65.5 Å². The third kappa shape index (κ3) is 6.38. The molecule has 2 atom stereocenters. The van der Waals surface area contributed by atoms with Gasteiger partial charge in [-0.25, -0.2) is 0 Å². The second kappa shape index (κ2) is 12.3. The summed E-state index contributed by atoms with van der Waals surface area (Å²) in [5, 5.41) is 17.0. The molecule has 0 radical (unpaired) electrons. The number of hydrogen-bond donors (Lipinski definition) is 2. The predicted molar refractivity (Wildman–Crippen MR) is 127 cm³/mol. The Labute approximate surface area is 208 Å². The van der Waals surface area contributed by atoms with E-state index >= 15 is 0 Å². The average Bonchev–Trinajstić information content (AvgIpc) is 3.30. The lowest BCUT2D eigenvalue weighted by molar-refractivity contribution is -0.146. The number of tetrazole rings is 1. The Morgan fingerprint density at radius 3 is 2.62 bits per heavy atom. The third-order valence-electron chi connectivity index (χ3n) is 5.48. The molecule has 0 unspecified atom stereocenters. The molecule has 3 aromatic rings. The average molecular weight is 519 g/mol. The Balaban J connectivity index is 0.00000204. The van der Waals surface area contributed by atoms with Crippen molar-refractivity contribution in [2.45, 2.75) is 44.6 Å². The highest BCUT2D eigenvalue weighted by molar-refractivity contribution is 5.85. The molecule has 0 bridgehead atoms. The normalized spacial score (nSPS) is 18.0. The van der Waals surface area contributed by atoms with Gasteiger partial charge in [0, 0.05) is 24.2 Å². The van der Waals surface area contributed by atoms with Crippen LogP contribution in [0.4, 0.5) is 13.2 Å². The second-order valence-corrected chi connectivity index (χ2v) is 7.61. The quantitative estimate of drug-likeness (QED) is 0.479. The number of piperidine rings is 1. The summed E-state index contributed by atoms with van der Waals surface area (Å²) in [6.45, 7) is 3.69. The van der Waals surface area contributed by atoms with E-state index in [1.54, 1.807) is 12.1 Å². The number of benzene rings is 2. The first-order chi connectivity index (χ1) is 15.5. The van der Waals surface area contributed by atoms with Crippen LogP contribution in [-0.4, -0.2) is 39.4 Å². The van der Waals surface area contributed by atoms with Gasteiger partial charge in [0.1, 0.15) is 5.75 Å². The van der Waals surface area contributed by atoms with Gasteiger partial charge in [-0.2, -0.15) is 17.9 Å². The molecule has 186 valence electrons. The van der Waals surface area contributed by atoms with Crippen LogP contribution in [0.3, 0.4) is 0 Å². The lowest BCUT2D eigenvalue weighted by atomic mass is 9.92. The Kier molecular flexibility index (Phi) is 10.1. The molecule has 12 heteroatoms. The molecule has 1 saturated heterocycles. The smallest absolute Gasteiger partial charge is 0.453 e. The van der Waals surface area contributed by atoms with Gasteiger partial charge < -0.3 is 15.4 Å². The lowest BCUT2D eigenvalue weighted by Crippen LogP contribution is -2.45. The number of hydrogen-bond acceptors (Lipinski definition) is 6. The summed E-state index contributed by atoms with van der Waals surface area (Å²) < 4.78 is 46.2. The van der Waals surface area contributed by atoms with E-state index in [1.807, 2.05) is 25.1 Å². The molecule has 4 rings (SSSR count). The third-order valence-corrected chi connectivity index (χ3v) is 5.48. The summed E-state index contributed by atoms with van der Waals surface area (Å²) in [6.07, 6.45) is -2.63. The van der Waals surface area contributed by atoms with E-state index in [9.17, 15) is 13.2 Å². The van der Waals surface area contributed by atoms with Crippen molar-refractivity contribution in [1.82, 2.24) is 30.8 Å². The summed E-state index contributed by atoms with van der Waals surface area (Å²) in [7, 11) is 0. The zero-order chi connectivity index (χ0) is 22.6. The van der Waals surface area contributed by atoms with E-state index in [4.69, 9.17) is 4.74 Å². The van der Waals surface area contributed by atoms with Gasteiger partial charge in [-0.05, 0) is 60.5 Å². The number of aromatic nitrogens is 4. The molecule has 0 amide bonds. The van der Waals surface area contributed by atoms with E-state index in [1.165, 1.54) is 11.6 Å². The van der Waals surface area contributed by atoms with Crippen molar-refractivity contribution < 1.29 is 17.9 Å². The Morgan fingerprint density at radius 2 is 1.91 bits per heavy atom. The number of nitrogens with zero attached hydrogens (tertiary/aromatic N) is 4. The monoisotopic (exact) mass is 518 g/mol. The maximum atomic E-state index is 13.3. The van der Waals surface area contributed by atoms with Gasteiger partial charge in [0.25, 0.3) is 5.82 Å². The van der Waals surface area contributed by atoms with Crippen LogP contribution in [0.5, 0.6) is 5.75 Å². The van der Waals surface area contributed by atoms with E-state index in [-0.39, 0.29) is 42.6 Å². The molecule has 2 aromatic carbocycles. The molecular weight excluding hydrogens is 492 g/mol. The maximum absolute atomic E-state index is 13.3. The van der Waals surface area contributed by atoms with Gasteiger partial charge in [0.15, 0.2) is 0 Å². The minimum atomic E-state index is -4.66. The fourth-order valence-electron chi connectivity index (χ4n) is 4.03. The fraction of sp³-hybridized carbons (Fsp3) is 0.409. The van der Waals surface area contributed by atoms with E-state index in [0.29, 0.717) is 23.6 Å². The Morgan fingerprint density at radius 1 is 1.15 bits per heavy atom. The van der Waals surface area contributed by atoms with Crippen LogP contribution in [0, 0.1) is 0 Å². The zero-order valence-corrected chi connectivity index (χ0v) is 20.1. The molecule has 0 aliphatic carbocycles. The number of nitrogens with one attached hydrogen (secondary N) is 2. The number of rotatable bonds is 7. The molecule has 7 nitrogen and oxygen atoms in total. The van der Waals surface area contributed by atoms with Crippen LogP contribution < -0.4 is 15.4 Å². The van der Waals surface area contributed by atoms with Gasteiger partial charge >= 0.3 is 6.18 Å². The van der Waals surface area contributed by atoms with Crippen LogP contribution >= 0.6 is 24.8 Å². The number of alkyl halides is 3. The molecule has 1 aliphatic heterocycles. The van der Waals surface area contributed by atoms with Crippen molar-refractivity contribution in [3.8, 4) is 11.4 Å². The van der Waals surface area contributed by atoms with Gasteiger partial charge in [0.05, 0.1) is 12.3 Å². The minimum absolute atomic E-state index is 0. The largest absolute Gasteiger partial charge is 0.494 e. The van der Waals surface area contributed by atoms with Gasteiger partial charge in [-0.1, -0.05) is 30.3 Å². The highest BCUT2D eigenvalue weighted by Gasteiger charge is 2.38. The molecule has 1 fully saturated rings. The van der Waals surface area contributed by atoms with Gasteiger partial charge in [-0.15, -0.1) is 29.9 Å². The molecule has 0 saturated carbocycles. The molecule has 2 N–H and O–H groups in total. The summed E-state index contributed by atoms with van der Waals surface area (Å²) in [5.41, 5.74) is 2.17. The van der Waals surface area contributed by atoms with E-state index in [2.05, 4.69) is 38.3 Å². The first-order valence-electron chi connectivity index (χ1n) is 10.6. The van der Waals surface area contributed by atoms with Crippen molar-refractivity contribution in [2.24, 2.45) is 0 Å².